The quantitative estimate of drug-likeness (QED) is 0.702. The van der Waals surface area contributed by atoms with Crippen LogP contribution in [-0.4, -0.2) is 18.2 Å². The molecule has 15 heavy (non-hydrogen) atoms. The fourth-order valence-electron chi connectivity index (χ4n) is 2.08. The zero-order valence-corrected chi connectivity index (χ0v) is 8.86. The highest BCUT2D eigenvalue weighted by molar-refractivity contribution is 5.86. The minimum atomic E-state index is -0.454. The molecule has 0 spiro atoms. The largest absolute Gasteiger partial charge is 0.463 e. The van der Waals surface area contributed by atoms with Gasteiger partial charge < -0.3 is 9.26 Å². The third-order valence-electron chi connectivity index (χ3n) is 2.94. The van der Waals surface area contributed by atoms with Crippen molar-refractivity contribution in [3.63, 3.8) is 0 Å². The Labute approximate surface area is 88.6 Å². The number of rotatable bonds is 2. The maximum atomic E-state index is 11.2. The van der Waals surface area contributed by atoms with E-state index in [1.54, 1.807) is 6.07 Å². The number of esters is 1. The summed E-state index contributed by atoms with van der Waals surface area (Å²) in [6, 6.07) is 1.71. The fraction of sp³-hybridized carbons (Fsp3) is 0.636. The smallest absolute Gasteiger partial charge is 0.376 e. The molecule has 0 unspecified atom stereocenters. The van der Waals surface area contributed by atoms with Crippen LogP contribution in [0.4, 0.5) is 0 Å². The molecule has 4 nitrogen and oxygen atoms in total. The summed E-state index contributed by atoms with van der Waals surface area (Å²) in [7, 11) is 1.34. The predicted molar refractivity (Wildman–Crippen MR) is 53.7 cm³/mol. The van der Waals surface area contributed by atoms with Gasteiger partial charge in [0.2, 0.25) is 5.76 Å². The van der Waals surface area contributed by atoms with E-state index in [-0.39, 0.29) is 5.76 Å². The Hall–Kier alpha value is -1.32. The van der Waals surface area contributed by atoms with Crippen LogP contribution in [0.1, 0.15) is 54.3 Å². The Morgan fingerprint density at radius 2 is 2.20 bits per heavy atom. The Kier molecular flexibility index (Phi) is 3.04. The van der Waals surface area contributed by atoms with Gasteiger partial charge in [0.1, 0.15) is 0 Å². The highest BCUT2D eigenvalue weighted by Crippen LogP contribution is 2.32. The number of carbonyl (C=O) groups excluding carboxylic acids is 1. The summed E-state index contributed by atoms with van der Waals surface area (Å²) in [6.07, 6.45) is 6.08. The van der Waals surface area contributed by atoms with Crippen LogP contribution in [0.25, 0.3) is 0 Å². The molecular weight excluding hydrogens is 194 g/mol. The van der Waals surface area contributed by atoms with Gasteiger partial charge >= 0.3 is 5.97 Å². The second-order valence-corrected chi connectivity index (χ2v) is 3.94. The third-order valence-corrected chi connectivity index (χ3v) is 2.94. The summed E-state index contributed by atoms with van der Waals surface area (Å²) in [5, 5.41) is 3.93. The highest BCUT2D eigenvalue weighted by Gasteiger charge is 2.21. The summed E-state index contributed by atoms with van der Waals surface area (Å²) >= 11 is 0. The normalized spacial score (nSPS) is 17.7. The van der Waals surface area contributed by atoms with Crippen molar-refractivity contribution in [2.75, 3.05) is 7.11 Å². The van der Waals surface area contributed by atoms with Gasteiger partial charge in [-0.25, -0.2) is 4.79 Å². The minimum Gasteiger partial charge on any atom is -0.463 e. The van der Waals surface area contributed by atoms with E-state index < -0.39 is 5.97 Å². The topological polar surface area (TPSA) is 52.3 Å². The molecule has 0 bridgehead atoms. The standard InChI is InChI=1S/C11H15NO3/c1-14-11(13)10-7-9(12-15-10)8-5-3-2-4-6-8/h7-8H,2-6H2,1H3. The molecule has 0 aliphatic heterocycles. The van der Waals surface area contributed by atoms with Crippen molar-refractivity contribution < 1.29 is 14.1 Å². The summed E-state index contributed by atoms with van der Waals surface area (Å²) in [5.41, 5.74) is 0.898. The van der Waals surface area contributed by atoms with E-state index in [1.807, 2.05) is 0 Å². The monoisotopic (exact) mass is 209 g/mol. The number of methoxy groups -OCH3 is 1. The Bertz CT molecular complexity index is 339. The van der Waals surface area contributed by atoms with E-state index in [4.69, 9.17) is 4.52 Å². The van der Waals surface area contributed by atoms with Gasteiger partial charge in [-0.1, -0.05) is 24.4 Å². The van der Waals surface area contributed by atoms with Crippen molar-refractivity contribution in [1.29, 1.82) is 0 Å². The van der Waals surface area contributed by atoms with Crippen LogP contribution in [0, 0.1) is 0 Å². The molecule has 2 rings (SSSR count). The zero-order chi connectivity index (χ0) is 10.7. The molecule has 0 atom stereocenters. The van der Waals surface area contributed by atoms with E-state index in [1.165, 1.54) is 26.4 Å². The van der Waals surface area contributed by atoms with Crippen LogP contribution in [0.3, 0.4) is 0 Å². The SMILES string of the molecule is COC(=O)c1cc(C2CCCCC2)no1. The van der Waals surface area contributed by atoms with Gasteiger partial charge in [-0.3, -0.25) is 0 Å². The lowest BCUT2D eigenvalue weighted by atomic mass is 9.87. The van der Waals surface area contributed by atoms with E-state index in [2.05, 4.69) is 9.89 Å². The third kappa shape index (κ3) is 2.19. The average molecular weight is 209 g/mol. The van der Waals surface area contributed by atoms with Crippen molar-refractivity contribution in [2.24, 2.45) is 0 Å². The van der Waals surface area contributed by atoms with E-state index in [0.717, 1.165) is 18.5 Å². The van der Waals surface area contributed by atoms with Gasteiger partial charge in [0.05, 0.1) is 12.8 Å². The number of hydrogen-bond donors (Lipinski definition) is 0. The average Bonchev–Trinajstić information content (AvgIpc) is 2.78. The summed E-state index contributed by atoms with van der Waals surface area (Å²) in [5.74, 6) is 0.212. The number of nitrogens with zero attached hydrogens (tertiary/aromatic N) is 1. The van der Waals surface area contributed by atoms with Gasteiger partial charge in [0.15, 0.2) is 0 Å². The van der Waals surface area contributed by atoms with Crippen molar-refractivity contribution in [1.82, 2.24) is 5.16 Å². The zero-order valence-electron chi connectivity index (χ0n) is 8.86. The molecule has 1 heterocycles. The molecule has 0 N–H and O–H groups in total. The summed E-state index contributed by atoms with van der Waals surface area (Å²) in [6.45, 7) is 0. The van der Waals surface area contributed by atoms with Crippen molar-refractivity contribution in [3.05, 3.63) is 17.5 Å². The molecular formula is C11H15NO3. The van der Waals surface area contributed by atoms with Crippen LogP contribution in [0.15, 0.2) is 10.6 Å². The molecule has 1 saturated carbocycles. The lowest BCUT2D eigenvalue weighted by molar-refractivity contribution is 0.0554. The van der Waals surface area contributed by atoms with Crippen molar-refractivity contribution in [3.8, 4) is 0 Å². The Morgan fingerprint density at radius 3 is 2.87 bits per heavy atom. The molecule has 1 aromatic heterocycles. The van der Waals surface area contributed by atoms with Crippen LogP contribution < -0.4 is 0 Å². The molecule has 4 heteroatoms. The molecule has 1 aliphatic rings. The number of hydrogen-bond acceptors (Lipinski definition) is 4. The van der Waals surface area contributed by atoms with Gasteiger partial charge in [0.25, 0.3) is 0 Å². The number of ether oxygens (including phenoxy) is 1. The Balaban J connectivity index is 2.08. The van der Waals surface area contributed by atoms with Crippen LogP contribution in [-0.2, 0) is 4.74 Å². The van der Waals surface area contributed by atoms with E-state index in [9.17, 15) is 4.79 Å². The van der Waals surface area contributed by atoms with Crippen LogP contribution in [0.2, 0.25) is 0 Å². The Morgan fingerprint density at radius 1 is 1.47 bits per heavy atom. The van der Waals surface area contributed by atoms with Crippen LogP contribution >= 0.6 is 0 Å². The first-order valence-corrected chi connectivity index (χ1v) is 5.36. The number of aromatic nitrogens is 1. The summed E-state index contributed by atoms with van der Waals surface area (Å²) < 4.78 is 9.51. The van der Waals surface area contributed by atoms with Gasteiger partial charge in [-0.05, 0) is 12.8 Å². The van der Waals surface area contributed by atoms with Crippen molar-refractivity contribution in [2.45, 2.75) is 38.0 Å². The molecule has 82 valence electrons. The summed E-state index contributed by atoms with van der Waals surface area (Å²) in [4.78, 5) is 11.2. The second-order valence-electron chi connectivity index (χ2n) is 3.94. The maximum Gasteiger partial charge on any atom is 0.376 e. The highest BCUT2D eigenvalue weighted by atomic mass is 16.5. The molecule has 1 fully saturated rings. The second kappa shape index (κ2) is 4.47. The van der Waals surface area contributed by atoms with Crippen LogP contribution in [0.5, 0.6) is 0 Å². The molecule has 0 radical (unpaired) electrons. The van der Waals surface area contributed by atoms with Crippen molar-refractivity contribution >= 4 is 5.97 Å². The number of carbonyl (C=O) groups is 1. The lowest BCUT2D eigenvalue weighted by Crippen LogP contribution is -2.04. The fourth-order valence-corrected chi connectivity index (χ4v) is 2.08. The first kappa shape index (κ1) is 10.2. The van der Waals surface area contributed by atoms with Gasteiger partial charge in [0, 0.05) is 12.0 Å². The molecule has 0 amide bonds. The minimum absolute atomic E-state index is 0.207. The van der Waals surface area contributed by atoms with E-state index >= 15 is 0 Å². The van der Waals surface area contributed by atoms with Gasteiger partial charge in [-0.2, -0.15) is 0 Å². The van der Waals surface area contributed by atoms with Gasteiger partial charge in [-0.15, -0.1) is 0 Å². The first-order chi connectivity index (χ1) is 7.31. The predicted octanol–water partition coefficient (Wildman–Crippen LogP) is 2.51. The molecule has 0 aromatic carbocycles. The lowest BCUT2D eigenvalue weighted by Gasteiger charge is -2.18. The first-order valence-electron chi connectivity index (χ1n) is 5.36. The maximum absolute atomic E-state index is 11.2. The molecule has 1 aromatic rings. The van der Waals surface area contributed by atoms with E-state index in [0.29, 0.717) is 5.92 Å². The molecule has 0 saturated heterocycles. The molecule has 1 aliphatic carbocycles.